The summed E-state index contributed by atoms with van der Waals surface area (Å²) in [4.78, 5) is 18.3. The molecule has 0 bridgehead atoms. The Morgan fingerprint density at radius 1 is 1.14 bits per heavy atom. The second-order valence-electron chi connectivity index (χ2n) is 7.83. The number of piperazine rings is 1. The SMILES string of the molecule is O=C(c1ccccc1SC[C@H]1CCCO1)N1CCN([C@@H]2CCS(=O)(=O)C2)CC1. The molecule has 3 fully saturated rings. The molecule has 1 amide bonds. The Labute approximate surface area is 171 Å². The number of carbonyl (C=O) groups is 1. The number of amides is 1. The number of benzene rings is 1. The van der Waals surface area contributed by atoms with Crippen molar-refractivity contribution in [1.29, 1.82) is 0 Å². The van der Waals surface area contributed by atoms with Crippen LogP contribution in [-0.4, -0.2) is 86.3 Å². The topological polar surface area (TPSA) is 66.9 Å². The zero-order chi connectivity index (χ0) is 19.6. The third kappa shape index (κ3) is 4.72. The first-order valence-electron chi connectivity index (χ1n) is 10.1. The minimum absolute atomic E-state index is 0.0779. The van der Waals surface area contributed by atoms with Gasteiger partial charge in [-0.25, -0.2) is 8.42 Å². The predicted octanol–water partition coefficient (Wildman–Crippen LogP) is 1.90. The second-order valence-corrected chi connectivity index (χ2v) is 11.1. The van der Waals surface area contributed by atoms with Gasteiger partial charge in [0, 0.05) is 49.5 Å². The molecule has 1 aromatic carbocycles. The summed E-state index contributed by atoms with van der Waals surface area (Å²) in [6.07, 6.45) is 3.23. The molecule has 8 heteroatoms. The van der Waals surface area contributed by atoms with Crippen molar-refractivity contribution in [3.05, 3.63) is 29.8 Å². The van der Waals surface area contributed by atoms with Gasteiger partial charge in [-0.15, -0.1) is 11.8 Å². The second kappa shape index (κ2) is 8.73. The van der Waals surface area contributed by atoms with Gasteiger partial charge in [-0.2, -0.15) is 0 Å². The molecule has 0 aromatic heterocycles. The molecule has 4 rings (SSSR count). The van der Waals surface area contributed by atoms with Crippen molar-refractivity contribution in [2.24, 2.45) is 0 Å². The van der Waals surface area contributed by atoms with Gasteiger partial charge < -0.3 is 9.64 Å². The monoisotopic (exact) mass is 424 g/mol. The van der Waals surface area contributed by atoms with Crippen molar-refractivity contribution < 1.29 is 17.9 Å². The molecule has 0 saturated carbocycles. The number of rotatable bonds is 5. The van der Waals surface area contributed by atoms with E-state index in [1.54, 1.807) is 11.8 Å². The van der Waals surface area contributed by atoms with Gasteiger partial charge in [0.2, 0.25) is 0 Å². The number of carbonyl (C=O) groups excluding carboxylic acids is 1. The van der Waals surface area contributed by atoms with E-state index in [0.29, 0.717) is 24.9 Å². The largest absolute Gasteiger partial charge is 0.377 e. The molecule has 1 aromatic rings. The van der Waals surface area contributed by atoms with E-state index in [0.717, 1.165) is 55.2 Å². The minimum atomic E-state index is -2.87. The summed E-state index contributed by atoms with van der Waals surface area (Å²) in [6, 6.07) is 7.95. The zero-order valence-corrected chi connectivity index (χ0v) is 17.7. The van der Waals surface area contributed by atoms with E-state index in [9.17, 15) is 13.2 Å². The van der Waals surface area contributed by atoms with E-state index < -0.39 is 9.84 Å². The van der Waals surface area contributed by atoms with Crippen LogP contribution in [0.4, 0.5) is 0 Å². The summed E-state index contributed by atoms with van der Waals surface area (Å²) in [5.41, 5.74) is 0.766. The molecular formula is C20H28N2O4S2. The molecule has 154 valence electrons. The molecule has 3 aliphatic heterocycles. The van der Waals surface area contributed by atoms with Crippen molar-refractivity contribution in [2.75, 3.05) is 50.0 Å². The van der Waals surface area contributed by atoms with Crippen molar-refractivity contribution in [3.8, 4) is 0 Å². The van der Waals surface area contributed by atoms with Gasteiger partial charge in [0.1, 0.15) is 0 Å². The Hall–Kier alpha value is -1.09. The molecule has 0 spiro atoms. The normalized spacial score (nSPS) is 27.9. The average Bonchev–Trinajstić information content (AvgIpc) is 3.35. The van der Waals surface area contributed by atoms with E-state index >= 15 is 0 Å². The van der Waals surface area contributed by atoms with Gasteiger partial charge >= 0.3 is 0 Å². The highest BCUT2D eigenvalue weighted by Gasteiger charge is 2.34. The van der Waals surface area contributed by atoms with Crippen LogP contribution in [0.3, 0.4) is 0 Å². The summed E-state index contributed by atoms with van der Waals surface area (Å²) >= 11 is 1.71. The van der Waals surface area contributed by atoms with Gasteiger partial charge in [0.05, 0.1) is 23.2 Å². The summed E-state index contributed by atoms with van der Waals surface area (Å²) in [5, 5.41) is 0. The van der Waals surface area contributed by atoms with Crippen LogP contribution < -0.4 is 0 Å². The maximum atomic E-state index is 13.1. The molecule has 2 atom stereocenters. The molecule has 0 N–H and O–H groups in total. The van der Waals surface area contributed by atoms with Crippen LogP contribution in [-0.2, 0) is 14.6 Å². The average molecular weight is 425 g/mol. The molecule has 3 heterocycles. The lowest BCUT2D eigenvalue weighted by Gasteiger charge is -2.37. The lowest BCUT2D eigenvalue weighted by atomic mass is 10.1. The molecule has 0 radical (unpaired) electrons. The third-order valence-electron chi connectivity index (χ3n) is 5.89. The standard InChI is InChI=1S/C20H28N2O4S2/c23-20(18-5-1-2-6-19(18)27-14-17-4-3-12-26-17)22-10-8-21(9-11-22)16-7-13-28(24,25)15-16/h1-2,5-6,16-17H,3-4,7-15H2/t16-,17-/m1/s1. The first kappa shape index (κ1) is 20.2. The summed E-state index contributed by atoms with van der Waals surface area (Å²) < 4.78 is 29.2. The van der Waals surface area contributed by atoms with E-state index in [1.165, 1.54) is 0 Å². The number of ether oxygens (including phenoxy) is 1. The molecule has 3 saturated heterocycles. The number of sulfone groups is 1. The summed E-state index contributed by atoms with van der Waals surface area (Å²) in [6.45, 7) is 3.65. The van der Waals surface area contributed by atoms with Crippen LogP contribution in [0, 0.1) is 0 Å². The fraction of sp³-hybridized carbons (Fsp3) is 0.650. The van der Waals surface area contributed by atoms with Crippen LogP contribution in [0.15, 0.2) is 29.2 Å². The maximum absolute atomic E-state index is 13.1. The van der Waals surface area contributed by atoms with E-state index in [-0.39, 0.29) is 17.7 Å². The summed E-state index contributed by atoms with van der Waals surface area (Å²) in [7, 11) is -2.87. The smallest absolute Gasteiger partial charge is 0.255 e. The Morgan fingerprint density at radius 3 is 2.61 bits per heavy atom. The maximum Gasteiger partial charge on any atom is 0.255 e. The fourth-order valence-corrected chi connectivity index (χ4v) is 7.13. The Morgan fingerprint density at radius 2 is 1.93 bits per heavy atom. The number of thioether (sulfide) groups is 1. The van der Waals surface area contributed by atoms with Crippen LogP contribution in [0.25, 0.3) is 0 Å². The van der Waals surface area contributed by atoms with Crippen molar-refractivity contribution in [1.82, 2.24) is 9.80 Å². The van der Waals surface area contributed by atoms with E-state index in [4.69, 9.17) is 4.74 Å². The van der Waals surface area contributed by atoms with E-state index in [2.05, 4.69) is 4.90 Å². The van der Waals surface area contributed by atoms with Gasteiger partial charge in [0.25, 0.3) is 5.91 Å². The van der Waals surface area contributed by atoms with E-state index in [1.807, 2.05) is 29.2 Å². The highest BCUT2D eigenvalue weighted by atomic mass is 32.2. The molecular weight excluding hydrogens is 396 g/mol. The number of hydrogen-bond acceptors (Lipinski definition) is 6. The predicted molar refractivity (Wildman–Crippen MR) is 111 cm³/mol. The van der Waals surface area contributed by atoms with Crippen molar-refractivity contribution in [2.45, 2.75) is 36.3 Å². The lowest BCUT2D eigenvalue weighted by Crippen LogP contribution is -2.52. The first-order chi connectivity index (χ1) is 13.5. The third-order valence-corrected chi connectivity index (χ3v) is 8.85. The van der Waals surface area contributed by atoms with Crippen molar-refractivity contribution in [3.63, 3.8) is 0 Å². The van der Waals surface area contributed by atoms with Crippen LogP contribution in [0.1, 0.15) is 29.6 Å². The van der Waals surface area contributed by atoms with Gasteiger partial charge in [-0.05, 0) is 31.4 Å². The molecule has 0 aliphatic carbocycles. The first-order valence-corrected chi connectivity index (χ1v) is 12.9. The Balaban J connectivity index is 1.35. The summed E-state index contributed by atoms with van der Waals surface area (Å²) in [5.74, 6) is 1.53. The molecule has 3 aliphatic rings. The fourth-order valence-electron chi connectivity index (χ4n) is 4.25. The Kier molecular flexibility index (Phi) is 6.30. The van der Waals surface area contributed by atoms with Crippen LogP contribution in [0.2, 0.25) is 0 Å². The van der Waals surface area contributed by atoms with Crippen molar-refractivity contribution >= 4 is 27.5 Å². The lowest BCUT2D eigenvalue weighted by molar-refractivity contribution is 0.0584. The highest BCUT2D eigenvalue weighted by Crippen LogP contribution is 2.28. The number of nitrogens with zero attached hydrogens (tertiary/aromatic N) is 2. The molecule has 0 unspecified atom stereocenters. The zero-order valence-electron chi connectivity index (χ0n) is 16.1. The van der Waals surface area contributed by atoms with Crippen LogP contribution in [0.5, 0.6) is 0 Å². The number of hydrogen-bond donors (Lipinski definition) is 0. The van der Waals surface area contributed by atoms with Gasteiger partial charge in [-0.3, -0.25) is 9.69 Å². The minimum Gasteiger partial charge on any atom is -0.377 e. The van der Waals surface area contributed by atoms with Crippen LogP contribution >= 0.6 is 11.8 Å². The molecule has 28 heavy (non-hydrogen) atoms. The van der Waals surface area contributed by atoms with Gasteiger partial charge in [0.15, 0.2) is 9.84 Å². The van der Waals surface area contributed by atoms with Gasteiger partial charge in [-0.1, -0.05) is 12.1 Å². The Bertz CT molecular complexity index is 800. The molecule has 6 nitrogen and oxygen atoms in total. The quantitative estimate of drug-likeness (QED) is 0.673. The highest BCUT2D eigenvalue weighted by molar-refractivity contribution is 7.99.